The van der Waals surface area contributed by atoms with Gasteiger partial charge in [0.15, 0.2) is 16.6 Å². The zero-order valence-electron chi connectivity index (χ0n) is 27.8. The minimum atomic E-state index is -1.85. The third-order valence-corrected chi connectivity index (χ3v) is 21.4. The monoisotopic (exact) mass is 638 g/mol. The molecule has 0 heterocycles. The first kappa shape index (κ1) is 33.8. The van der Waals surface area contributed by atoms with Gasteiger partial charge >= 0.3 is 0 Å². The molecule has 0 radical (unpaired) electrons. The number of alkyl halides is 1. The summed E-state index contributed by atoms with van der Waals surface area (Å²) in [6, 6.07) is 0. The highest BCUT2D eigenvalue weighted by molar-refractivity contribution is 9.09. The van der Waals surface area contributed by atoms with E-state index in [1.54, 1.807) is 11.1 Å². The summed E-state index contributed by atoms with van der Waals surface area (Å²) in [4.78, 5) is 0. The Hall–Kier alpha value is 0.314. The SMILES string of the molecule is C[C@H](CCBr)[C@H]1CC[C@H]2C(=CC=C3C[C@@H](O[Si](C)(C)C(C)(C)C)C[C@H](O[Si](C)(C)C(C)(C)C)C3)CCC[C@]12C. The van der Waals surface area contributed by atoms with E-state index in [-0.39, 0.29) is 22.3 Å². The Morgan fingerprint density at radius 1 is 0.923 bits per heavy atom. The molecule has 0 aromatic rings. The van der Waals surface area contributed by atoms with Crippen molar-refractivity contribution in [2.75, 3.05) is 5.33 Å². The second-order valence-corrected chi connectivity index (χ2v) is 27.1. The molecule has 39 heavy (non-hydrogen) atoms. The standard InChI is InChI=1S/C34H63BrO2Si2/c1-25(19-21-35)30-17-18-31-27(14-13-20-34(30,31)8)16-15-26-22-28(36-38(9,10)32(2,3)4)24-29(23-26)37-39(11,12)33(5,6)7/h15-16,25,28-31H,13-14,17-24H2,1-12H3/t25-,28-,29-,30-,31+,34-/m1/s1. The Labute approximate surface area is 253 Å². The van der Waals surface area contributed by atoms with Gasteiger partial charge in [0.1, 0.15) is 0 Å². The zero-order valence-corrected chi connectivity index (χ0v) is 31.4. The molecule has 0 N–H and O–H groups in total. The molecule has 226 valence electrons. The maximum absolute atomic E-state index is 7.05. The van der Waals surface area contributed by atoms with E-state index in [2.05, 4.69) is 110 Å². The van der Waals surface area contributed by atoms with Crippen LogP contribution in [-0.4, -0.2) is 34.2 Å². The summed E-state index contributed by atoms with van der Waals surface area (Å²) in [6.45, 7) is 28.9. The molecule has 0 aliphatic heterocycles. The molecule has 0 unspecified atom stereocenters. The topological polar surface area (TPSA) is 18.5 Å². The molecule has 3 aliphatic rings. The van der Waals surface area contributed by atoms with Crippen LogP contribution in [0.1, 0.15) is 113 Å². The Kier molecular flexibility index (Phi) is 10.8. The van der Waals surface area contributed by atoms with Gasteiger partial charge in [0.25, 0.3) is 0 Å². The van der Waals surface area contributed by atoms with Crippen LogP contribution in [0.15, 0.2) is 23.3 Å². The molecule has 3 fully saturated rings. The summed E-state index contributed by atoms with van der Waals surface area (Å²) in [5, 5.41) is 1.59. The summed E-state index contributed by atoms with van der Waals surface area (Å²) in [6.07, 6.45) is 17.0. The molecule has 0 saturated heterocycles. The molecular formula is C34H63BrO2Si2. The van der Waals surface area contributed by atoms with E-state index >= 15 is 0 Å². The zero-order chi connectivity index (χ0) is 29.4. The maximum Gasteiger partial charge on any atom is 0.192 e. The van der Waals surface area contributed by atoms with Crippen LogP contribution in [-0.2, 0) is 8.85 Å². The van der Waals surface area contributed by atoms with Gasteiger partial charge in [0.05, 0.1) is 12.2 Å². The van der Waals surface area contributed by atoms with Crippen molar-refractivity contribution in [1.29, 1.82) is 0 Å². The Morgan fingerprint density at radius 3 is 1.95 bits per heavy atom. The predicted octanol–water partition coefficient (Wildman–Crippen LogP) is 11.4. The van der Waals surface area contributed by atoms with Gasteiger partial charge in [-0.15, -0.1) is 0 Å². The molecule has 6 atom stereocenters. The molecule has 3 saturated carbocycles. The van der Waals surface area contributed by atoms with E-state index in [9.17, 15) is 0 Å². The van der Waals surface area contributed by atoms with Crippen LogP contribution in [0, 0.1) is 23.2 Å². The normalized spacial score (nSPS) is 32.8. The molecule has 0 aromatic carbocycles. The lowest BCUT2D eigenvalue weighted by molar-refractivity contribution is 0.0725. The molecule has 3 aliphatic carbocycles. The lowest BCUT2D eigenvalue weighted by Gasteiger charge is -2.45. The summed E-state index contributed by atoms with van der Waals surface area (Å²) >= 11 is 3.72. The van der Waals surface area contributed by atoms with Gasteiger partial charge in [-0.05, 0) is 117 Å². The average molecular weight is 640 g/mol. The van der Waals surface area contributed by atoms with Gasteiger partial charge in [0, 0.05) is 5.33 Å². The van der Waals surface area contributed by atoms with Crippen LogP contribution in [0.4, 0.5) is 0 Å². The van der Waals surface area contributed by atoms with Gasteiger partial charge in [-0.1, -0.05) is 94.6 Å². The van der Waals surface area contributed by atoms with Crippen LogP contribution >= 0.6 is 15.9 Å². The van der Waals surface area contributed by atoms with Crippen LogP contribution in [0.3, 0.4) is 0 Å². The highest BCUT2D eigenvalue weighted by Crippen LogP contribution is 2.59. The Morgan fingerprint density at radius 2 is 1.46 bits per heavy atom. The van der Waals surface area contributed by atoms with E-state index in [1.807, 2.05) is 0 Å². The minimum Gasteiger partial charge on any atom is -0.414 e. The fourth-order valence-corrected chi connectivity index (χ4v) is 10.9. The van der Waals surface area contributed by atoms with Crippen LogP contribution in [0.2, 0.25) is 36.3 Å². The van der Waals surface area contributed by atoms with Gasteiger partial charge in [-0.2, -0.15) is 0 Å². The number of fused-ring (bicyclic) bond motifs is 1. The third kappa shape index (κ3) is 7.83. The highest BCUT2D eigenvalue weighted by atomic mass is 79.9. The lowest BCUT2D eigenvalue weighted by atomic mass is 9.61. The molecule has 0 bridgehead atoms. The summed E-state index contributed by atoms with van der Waals surface area (Å²) in [7, 11) is -3.69. The lowest BCUT2D eigenvalue weighted by Crippen LogP contribution is -2.48. The van der Waals surface area contributed by atoms with Crippen LogP contribution in [0.5, 0.6) is 0 Å². The smallest absolute Gasteiger partial charge is 0.192 e. The second kappa shape index (κ2) is 12.5. The van der Waals surface area contributed by atoms with Crippen LogP contribution in [0.25, 0.3) is 0 Å². The van der Waals surface area contributed by atoms with E-state index in [0.717, 1.165) is 42.3 Å². The fraction of sp³-hybridized carbons (Fsp3) is 0.882. The van der Waals surface area contributed by atoms with E-state index in [4.69, 9.17) is 8.85 Å². The van der Waals surface area contributed by atoms with Crippen molar-refractivity contribution in [3.63, 3.8) is 0 Å². The molecule has 0 amide bonds. The van der Waals surface area contributed by atoms with Crippen molar-refractivity contribution in [3.05, 3.63) is 23.3 Å². The van der Waals surface area contributed by atoms with Crippen molar-refractivity contribution < 1.29 is 8.85 Å². The first-order chi connectivity index (χ1) is 17.8. The van der Waals surface area contributed by atoms with Gasteiger partial charge in [-0.25, -0.2) is 0 Å². The summed E-state index contributed by atoms with van der Waals surface area (Å²) < 4.78 is 14.1. The van der Waals surface area contributed by atoms with Gasteiger partial charge in [0.2, 0.25) is 0 Å². The fourth-order valence-electron chi connectivity index (χ4n) is 7.44. The number of allylic oxidation sites excluding steroid dienone is 3. The molecule has 0 spiro atoms. The van der Waals surface area contributed by atoms with Crippen LogP contribution < -0.4 is 0 Å². The molecule has 3 rings (SSSR count). The average Bonchev–Trinajstić information content (AvgIpc) is 3.13. The highest BCUT2D eigenvalue weighted by Gasteiger charge is 2.50. The Balaban J connectivity index is 1.85. The largest absolute Gasteiger partial charge is 0.414 e. The summed E-state index contributed by atoms with van der Waals surface area (Å²) in [5.74, 6) is 2.46. The number of hydrogen-bond acceptors (Lipinski definition) is 2. The first-order valence-electron chi connectivity index (χ1n) is 16.1. The van der Waals surface area contributed by atoms with Gasteiger partial charge in [-0.3, -0.25) is 0 Å². The van der Waals surface area contributed by atoms with Crippen molar-refractivity contribution in [2.24, 2.45) is 23.2 Å². The second-order valence-electron chi connectivity index (χ2n) is 16.8. The maximum atomic E-state index is 7.05. The molecule has 0 aromatic heterocycles. The number of rotatable bonds is 8. The molecule has 2 nitrogen and oxygen atoms in total. The van der Waals surface area contributed by atoms with Crippen molar-refractivity contribution >= 4 is 32.6 Å². The third-order valence-electron chi connectivity index (χ3n) is 11.9. The first-order valence-corrected chi connectivity index (χ1v) is 23.0. The van der Waals surface area contributed by atoms with Crippen molar-refractivity contribution in [2.45, 2.75) is 162 Å². The van der Waals surface area contributed by atoms with E-state index in [0.29, 0.717) is 5.41 Å². The van der Waals surface area contributed by atoms with Gasteiger partial charge < -0.3 is 8.85 Å². The van der Waals surface area contributed by atoms with E-state index in [1.165, 1.54) is 38.5 Å². The van der Waals surface area contributed by atoms with E-state index < -0.39 is 16.6 Å². The Bertz CT molecular complexity index is 856. The number of hydrogen-bond donors (Lipinski definition) is 0. The van der Waals surface area contributed by atoms with Crippen molar-refractivity contribution in [3.8, 4) is 0 Å². The number of halogens is 1. The summed E-state index contributed by atoms with van der Waals surface area (Å²) in [5.41, 5.74) is 3.77. The molecule has 5 heteroatoms. The minimum absolute atomic E-state index is 0.226. The quantitative estimate of drug-likeness (QED) is 0.194. The van der Waals surface area contributed by atoms with Crippen molar-refractivity contribution in [1.82, 2.24) is 0 Å². The predicted molar refractivity (Wildman–Crippen MR) is 180 cm³/mol. The molecular weight excluding hydrogens is 576 g/mol.